The SMILES string of the molecule is CC(C)(C)NC(=O)NCC(=O)N1CCC[C@H]1C(=O)NC(CCCCC1CCC1)C(=O)C(N)=O. The van der Waals surface area contributed by atoms with Gasteiger partial charge in [-0.2, -0.15) is 0 Å². The number of urea groups is 1. The zero-order valence-corrected chi connectivity index (χ0v) is 20.1. The van der Waals surface area contributed by atoms with Crippen molar-refractivity contribution in [3.63, 3.8) is 0 Å². The van der Waals surface area contributed by atoms with Gasteiger partial charge in [-0.05, 0) is 46.0 Å². The van der Waals surface area contributed by atoms with Gasteiger partial charge in [0, 0.05) is 12.1 Å². The van der Waals surface area contributed by atoms with E-state index in [-0.39, 0.29) is 12.5 Å². The molecule has 0 radical (unpaired) electrons. The van der Waals surface area contributed by atoms with Crippen molar-refractivity contribution < 1.29 is 24.0 Å². The topological polar surface area (TPSA) is 151 Å². The van der Waals surface area contributed by atoms with Gasteiger partial charge in [-0.1, -0.05) is 38.5 Å². The lowest BCUT2D eigenvalue weighted by atomic mass is 9.81. The molecule has 1 heterocycles. The molecule has 2 aliphatic rings. The molecule has 1 unspecified atom stereocenters. The summed E-state index contributed by atoms with van der Waals surface area (Å²) >= 11 is 0. The Bertz CT molecular complexity index is 744. The Morgan fingerprint density at radius 2 is 1.73 bits per heavy atom. The van der Waals surface area contributed by atoms with Gasteiger partial charge in [0.2, 0.25) is 17.6 Å². The summed E-state index contributed by atoms with van der Waals surface area (Å²) in [5.41, 5.74) is 4.74. The van der Waals surface area contributed by atoms with E-state index in [1.165, 1.54) is 24.2 Å². The fraction of sp³-hybridized carbons (Fsp3) is 0.783. The molecule has 186 valence electrons. The van der Waals surface area contributed by atoms with Crippen LogP contribution in [0.1, 0.15) is 78.6 Å². The van der Waals surface area contributed by atoms with Gasteiger partial charge in [0.25, 0.3) is 5.91 Å². The van der Waals surface area contributed by atoms with Crippen LogP contribution in [0.4, 0.5) is 4.79 Å². The fourth-order valence-electron chi connectivity index (χ4n) is 4.25. The number of amides is 5. The van der Waals surface area contributed by atoms with Crippen molar-refractivity contribution in [3.8, 4) is 0 Å². The molecular formula is C23H39N5O5. The minimum atomic E-state index is -1.08. The van der Waals surface area contributed by atoms with Crippen molar-refractivity contribution in [2.75, 3.05) is 13.1 Å². The molecule has 2 atom stereocenters. The third-order valence-electron chi connectivity index (χ3n) is 6.22. The van der Waals surface area contributed by atoms with Crippen LogP contribution in [0, 0.1) is 5.92 Å². The number of Topliss-reactive ketones (excluding diaryl/α,β-unsaturated/α-hetero) is 1. The van der Waals surface area contributed by atoms with Gasteiger partial charge in [0.1, 0.15) is 6.04 Å². The number of carbonyl (C=O) groups excluding carboxylic acids is 5. The van der Waals surface area contributed by atoms with Crippen LogP contribution in [-0.4, -0.2) is 65.1 Å². The number of hydrogen-bond donors (Lipinski definition) is 4. The second-order valence-electron chi connectivity index (χ2n) is 10.2. The molecule has 1 aliphatic heterocycles. The highest BCUT2D eigenvalue weighted by atomic mass is 16.2. The van der Waals surface area contributed by atoms with E-state index >= 15 is 0 Å². The summed E-state index contributed by atoms with van der Waals surface area (Å²) < 4.78 is 0. The van der Waals surface area contributed by atoms with Crippen LogP contribution in [-0.2, 0) is 19.2 Å². The average molecular weight is 466 g/mol. The van der Waals surface area contributed by atoms with Gasteiger partial charge in [0.05, 0.1) is 12.6 Å². The van der Waals surface area contributed by atoms with E-state index in [0.29, 0.717) is 32.2 Å². The average Bonchev–Trinajstić information content (AvgIpc) is 3.17. The number of rotatable bonds is 11. The normalized spacial score (nSPS) is 19.4. The summed E-state index contributed by atoms with van der Waals surface area (Å²) in [6, 6.07) is -2.20. The largest absolute Gasteiger partial charge is 0.363 e. The summed E-state index contributed by atoms with van der Waals surface area (Å²) in [5.74, 6) is -1.99. The molecule has 5 amide bonds. The highest BCUT2D eigenvalue weighted by Gasteiger charge is 2.36. The quantitative estimate of drug-likeness (QED) is 0.265. The van der Waals surface area contributed by atoms with Gasteiger partial charge in [-0.15, -0.1) is 0 Å². The van der Waals surface area contributed by atoms with Crippen molar-refractivity contribution >= 4 is 29.5 Å². The first-order chi connectivity index (χ1) is 15.5. The monoisotopic (exact) mass is 465 g/mol. The Morgan fingerprint density at radius 1 is 1.03 bits per heavy atom. The lowest BCUT2D eigenvalue weighted by Crippen LogP contribution is -2.54. The maximum Gasteiger partial charge on any atom is 0.315 e. The van der Waals surface area contributed by atoms with E-state index in [4.69, 9.17) is 5.73 Å². The van der Waals surface area contributed by atoms with Gasteiger partial charge in [0.15, 0.2) is 0 Å². The number of nitrogens with zero attached hydrogens (tertiary/aromatic N) is 1. The number of unbranched alkanes of at least 4 members (excludes halogenated alkanes) is 1. The summed E-state index contributed by atoms with van der Waals surface area (Å²) in [6.45, 7) is 5.62. The van der Waals surface area contributed by atoms with Crippen LogP contribution in [0.5, 0.6) is 0 Å². The first kappa shape index (κ1) is 26.6. The molecule has 0 aromatic heterocycles. The minimum Gasteiger partial charge on any atom is -0.363 e. The molecule has 1 saturated heterocycles. The van der Waals surface area contributed by atoms with Crippen molar-refractivity contribution in [2.45, 2.75) is 96.2 Å². The summed E-state index contributed by atoms with van der Waals surface area (Å²) in [7, 11) is 0. The van der Waals surface area contributed by atoms with E-state index in [0.717, 1.165) is 18.8 Å². The van der Waals surface area contributed by atoms with Crippen LogP contribution in [0.15, 0.2) is 0 Å². The minimum absolute atomic E-state index is 0.240. The summed E-state index contributed by atoms with van der Waals surface area (Å²) in [6.07, 6.45) is 7.93. The van der Waals surface area contributed by atoms with Crippen molar-refractivity contribution in [2.24, 2.45) is 11.7 Å². The van der Waals surface area contributed by atoms with Gasteiger partial charge >= 0.3 is 6.03 Å². The second-order valence-corrected chi connectivity index (χ2v) is 10.2. The number of hydrogen-bond acceptors (Lipinski definition) is 5. The molecular weight excluding hydrogens is 426 g/mol. The Labute approximate surface area is 195 Å². The van der Waals surface area contributed by atoms with Gasteiger partial charge < -0.3 is 26.6 Å². The first-order valence-electron chi connectivity index (χ1n) is 12.0. The fourth-order valence-corrected chi connectivity index (χ4v) is 4.25. The van der Waals surface area contributed by atoms with Crippen molar-refractivity contribution in [1.82, 2.24) is 20.9 Å². The first-order valence-corrected chi connectivity index (χ1v) is 12.0. The standard InChI is InChI=1S/C23H39N5O5/c1-23(2,3)27-22(33)25-14-18(29)28-13-7-12-17(28)21(32)26-16(19(30)20(24)31)11-5-4-8-15-9-6-10-15/h15-17H,4-14H2,1-3H3,(H2,24,31)(H,26,32)(H2,25,27,33)/t16?,17-/m0/s1. The highest BCUT2D eigenvalue weighted by molar-refractivity contribution is 6.37. The predicted octanol–water partition coefficient (Wildman–Crippen LogP) is 0.975. The van der Waals surface area contributed by atoms with Crippen LogP contribution >= 0.6 is 0 Å². The maximum atomic E-state index is 12.9. The third-order valence-corrected chi connectivity index (χ3v) is 6.22. The molecule has 0 bridgehead atoms. The van der Waals surface area contributed by atoms with Gasteiger partial charge in [-0.3, -0.25) is 19.2 Å². The van der Waals surface area contributed by atoms with E-state index < -0.39 is 41.3 Å². The number of carbonyl (C=O) groups is 5. The highest BCUT2D eigenvalue weighted by Crippen LogP contribution is 2.31. The van der Waals surface area contributed by atoms with Crippen molar-refractivity contribution in [3.05, 3.63) is 0 Å². The number of nitrogens with two attached hydrogens (primary N) is 1. The molecule has 0 spiro atoms. The smallest absolute Gasteiger partial charge is 0.315 e. The molecule has 33 heavy (non-hydrogen) atoms. The Morgan fingerprint density at radius 3 is 2.30 bits per heavy atom. The Balaban J connectivity index is 1.88. The maximum absolute atomic E-state index is 12.9. The summed E-state index contributed by atoms with van der Waals surface area (Å²) in [5, 5.41) is 7.87. The molecule has 1 saturated carbocycles. The van der Waals surface area contributed by atoms with E-state index in [1.807, 2.05) is 20.8 Å². The second kappa shape index (κ2) is 12.0. The molecule has 10 nitrogen and oxygen atoms in total. The molecule has 2 rings (SSSR count). The van der Waals surface area contributed by atoms with Crippen LogP contribution in [0.2, 0.25) is 0 Å². The van der Waals surface area contributed by atoms with Crippen molar-refractivity contribution in [1.29, 1.82) is 0 Å². The van der Waals surface area contributed by atoms with Gasteiger partial charge in [-0.25, -0.2) is 4.79 Å². The number of primary amides is 1. The Kier molecular flexibility index (Phi) is 9.67. The Hall–Kier alpha value is -2.65. The molecule has 5 N–H and O–H groups in total. The molecule has 0 aromatic rings. The zero-order valence-electron chi connectivity index (χ0n) is 20.1. The predicted molar refractivity (Wildman–Crippen MR) is 123 cm³/mol. The van der Waals surface area contributed by atoms with E-state index in [2.05, 4.69) is 16.0 Å². The molecule has 2 fully saturated rings. The number of ketones is 1. The number of likely N-dealkylation sites (tertiary alicyclic amines) is 1. The van der Waals surface area contributed by atoms with E-state index in [9.17, 15) is 24.0 Å². The zero-order chi connectivity index (χ0) is 24.6. The van der Waals surface area contributed by atoms with E-state index in [1.54, 1.807) is 0 Å². The lowest BCUT2D eigenvalue weighted by Gasteiger charge is -2.27. The third kappa shape index (κ3) is 8.66. The lowest BCUT2D eigenvalue weighted by molar-refractivity contribution is -0.141. The molecule has 10 heteroatoms. The van der Waals surface area contributed by atoms with Crippen LogP contribution < -0.4 is 21.7 Å². The summed E-state index contributed by atoms with van der Waals surface area (Å²) in [4.78, 5) is 62.6. The van der Waals surface area contributed by atoms with Crippen LogP contribution in [0.3, 0.4) is 0 Å². The number of nitrogens with one attached hydrogen (secondary N) is 3. The molecule has 1 aliphatic carbocycles. The van der Waals surface area contributed by atoms with Crippen LogP contribution in [0.25, 0.3) is 0 Å². The molecule has 0 aromatic carbocycles.